The van der Waals surface area contributed by atoms with E-state index in [0.717, 1.165) is 31.5 Å². The number of piperidine rings is 1. The molecule has 0 radical (unpaired) electrons. The minimum Gasteiger partial charge on any atom is -0.310 e. The molecule has 4 heteroatoms. The molecule has 0 aromatic carbocycles. The number of hydrogen-bond acceptors (Lipinski definition) is 3. The molecule has 2 rings (SSSR count). The van der Waals surface area contributed by atoms with Gasteiger partial charge in [0.25, 0.3) is 0 Å². The Morgan fingerprint density at radius 2 is 2.32 bits per heavy atom. The summed E-state index contributed by atoms with van der Waals surface area (Å²) in [4.78, 5) is 18.6. The van der Waals surface area contributed by atoms with Crippen LogP contribution in [-0.2, 0) is 4.79 Å². The zero-order chi connectivity index (χ0) is 13.7. The first-order valence-corrected chi connectivity index (χ1v) is 6.59. The van der Waals surface area contributed by atoms with E-state index in [1.165, 1.54) is 0 Å². The quantitative estimate of drug-likeness (QED) is 0.838. The normalized spacial score (nSPS) is 16.8. The maximum Gasteiger partial charge on any atom is 0.228 e. The highest BCUT2D eigenvalue weighted by molar-refractivity contribution is 5.92. The fourth-order valence-corrected chi connectivity index (χ4v) is 2.32. The Balaban J connectivity index is 1.89. The second kappa shape index (κ2) is 6.35. The van der Waals surface area contributed by atoms with Crippen molar-refractivity contribution >= 4 is 11.7 Å². The highest BCUT2D eigenvalue weighted by Crippen LogP contribution is 2.19. The van der Waals surface area contributed by atoms with Crippen molar-refractivity contribution < 1.29 is 4.79 Å². The van der Waals surface area contributed by atoms with E-state index in [2.05, 4.69) is 21.1 Å². The van der Waals surface area contributed by atoms with Gasteiger partial charge >= 0.3 is 0 Å². The summed E-state index contributed by atoms with van der Waals surface area (Å²) < 4.78 is 0. The minimum absolute atomic E-state index is 0.0652. The van der Waals surface area contributed by atoms with Gasteiger partial charge in [-0.2, -0.15) is 0 Å². The SMILES string of the molecule is C#CCN1CCC(C(=O)Nc2ncccc2C)CC1. The second-order valence-electron chi connectivity index (χ2n) is 4.91. The zero-order valence-electron chi connectivity index (χ0n) is 11.2. The number of carbonyl (C=O) groups is 1. The van der Waals surface area contributed by atoms with Crippen molar-refractivity contribution in [3.63, 3.8) is 0 Å². The van der Waals surface area contributed by atoms with Gasteiger partial charge in [0.1, 0.15) is 5.82 Å². The average Bonchev–Trinajstić information content (AvgIpc) is 2.42. The lowest BCUT2D eigenvalue weighted by Crippen LogP contribution is -2.38. The Morgan fingerprint density at radius 3 is 2.95 bits per heavy atom. The van der Waals surface area contributed by atoms with Crippen LogP contribution in [0.1, 0.15) is 18.4 Å². The molecule has 4 nitrogen and oxygen atoms in total. The van der Waals surface area contributed by atoms with Gasteiger partial charge < -0.3 is 5.32 Å². The molecule has 19 heavy (non-hydrogen) atoms. The maximum atomic E-state index is 12.2. The highest BCUT2D eigenvalue weighted by atomic mass is 16.1. The first-order chi connectivity index (χ1) is 9.20. The van der Waals surface area contributed by atoms with Crippen LogP contribution in [0.3, 0.4) is 0 Å². The molecule has 0 unspecified atom stereocenters. The molecular weight excluding hydrogens is 238 g/mol. The number of aromatic nitrogens is 1. The number of terminal acetylenes is 1. The lowest BCUT2D eigenvalue weighted by molar-refractivity contribution is -0.121. The summed E-state index contributed by atoms with van der Waals surface area (Å²) in [6.07, 6.45) is 8.71. The third-order valence-corrected chi connectivity index (χ3v) is 3.52. The molecule has 0 aliphatic carbocycles. The fourth-order valence-electron chi connectivity index (χ4n) is 2.32. The van der Waals surface area contributed by atoms with Crippen LogP contribution in [0.15, 0.2) is 18.3 Å². The number of aryl methyl sites for hydroxylation is 1. The van der Waals surface area contributed by atoms with Crippen LogP contribution in [0.5, 0.6) is 0 Å². The third kappa shape index (κ3) is 3.55. The van der Waals surface area contributed by atoms with E-state index in [1.807, 2.05) is 19.1 Å². The van der Waals surface area contributed by atoms with Gasteiger partial charge in [0.15, 0.2) is 0 Å². The van der Waals surface area contributed by atoms with E-state index in [4.69, 9.17) is 6.42 Å². The summed E-state index contributed by atoms with van der Waals surface area (Å²) in [5.74, 6) is 3.45. The molecule has 1 aromatic heterocycles. The molecule has 100 valence electrons. The van der Waals surface area contributed by atoms with Crippen LogP contribution in [0.25, 0.3) is 0 Å². The van der Waals surface area contributed by atoms with Gasteiger partial charge in [-0.3, -0.25) is 9.69 Å². The van der Waals surface area contributed by atoms with Gasteiger partial charge in [-0.1, -0.05) is 12.0 Å². The Kier molecular flexibility index (Phi) is 4.53. The smallest absolute Gasteiger partial charge is 0.228 e. The summed E-state index contributed by atoms with van der Waals surface area (Å²) >= 11 is 0. The van der Waals surface area contributed by atoms with Gasteiger partial charge in [0, 0.05) is 12.1 Å². The molecule has 1 aliphatic rings. The van der Waals surface area contributed by atoms with Crippen molar-refractivity contribution in [2.75, 3.05) is 25.0 Å². The van der Waals surface area contributed by atoms with E-state index in [-0.39, 0.29) is 11.8 Å². The monoisotopic (exact) mass is 257 g/mol. The Labute approximate surface area is 114 Å². The van der Waals surface area contributed by atoms with Crippen LogP contribution in [-0.4, -0.2) is 35.4 Å². The van der Waals surface area contributed by atoms with Crippen molar-refractivity contribution in [3.8, 4) is 12.3 Å². The van der Waals surface area contributed by atoms with Crippen molar-refractivity contribution in [2.45, 2.75) is 19.8 Å². The summed E-state index contributed by atoms with van der Waals surface area (Å²) in [6.45, 7) is 4.40. The first kappa shape index (κ1) is 13.6. The largest absolute Gasteiger partial charge is 0.310 e. The van der Waals surface area contributed by atoms with Gasteiger partial charge in [-0.05, 0) is 44.5 Å². The van der Waals surface area contributed by atoms with Gasteiger partial charge in [-0.25, -0.2) is 4.98 Å². The number of nitrogens with zero attached hydrogens (tertiary/aromatic N) is 2. The summed E-state index contributed by atoms with van der Waals surface area (Å²) in [6, 6.07) is 3.81. The van der Waals surface area contributed by atoms with Crippen LogP contribution in [0.4, 0.5) is 5.82 Å². The topological polar surface area (TPSA) is 45.2 Å². The average molecular weight is 257 g/mol. The van der Waals surface area contributed by atoms with E-state index in [1.54, 1.807) is 6.20 Å². The van der Waals surface area contributed by atoms with Crippen molar-refractivity contribution in [1.29, 1.82) is 0 Å². The fraction of sp³-hybridized carbons (Fsp3) is 0.467. The molecule has 0 bridgehead atoms. The molecule has 1 saturated heterocycles. The number of nitrogens with one attached hydrogen (secondary N) is 1. The molecule has 1 fully saturated rings. The number of amides is 1. The Hall–Kier alpha value is -1.86. The number of carbonyl (C=O) groups excluding carboxylic acids is 1. The van der Waals surface area contributed by atoms with Crippen LogP contribution in [0.2, 0.25) is 0 Å². The molecule has 1 N–H and O–H groups in total. The molecule has 1 amide bonds. The van der Waals surface area contributed by atoms with Crippen LogP contribution >= 0.6 is 0 Å². The zero-order valence-corrected chi connectivity index (χ0v) is 11.2. The number of hydrogen-bond donors (Lipinski definition) is 1. The van der Waals surface area contributed by atoms with E-state index in [9.17, 15) is 4.79 Å². The number of rotatable bonds is 3. The second-order valence-corrected chi connectivity index (χ2v) is 4.91. The van der Waals surface area contributed by atoms with Gasteiger partial charge in [0.2, 0.25) is 5.91 Å². The first-order valence-electron chi connectivity index (χ1n) is 6.59. The maximum absolute atomic E-state index is 12.2. The molecule has 2 heterocycles. The lowest BCUT2D eigenvalue weighted by Gasteiger charge is -2.29. The summed E-state index contributed by atoms with van der Waals surface area (Å²) in [5.41, 5.74) is 0.987. The van der Waals surface area contributed by atoms with E-state index >= 15 is 0 Å². The standard InChI is InChI=1S/C15H19N3O/c1-3-9-18-10-6-13(7-11-18)15(19)17-14-12(2)5-4-8-16-14/h1,4-5,8,13H,6-7,9-11H2,2H3,(H,16,17,19). The summed E-state index contributed by atoms with van der Waals surface area (Å²) in [7, 11) is 0. The Morgan fingerprint density at radius 1 is 1.58 bits per heavy atom. The van der Waals surface area contributed by atoms with E-state index < -0.39 is 0 Å². The third-order valence-electron chi connectivity index (χ3n) is 3.52. The molecule has 0 saturated carbocycles. The number of anilines is 1. The van der Waals surface area contributed by atoms with Crippen LogP contribution < -0.4 is 5.32 Å². The molecule has 0 atom stereocenters. The Bertz CT molecular complexity index is 484. The molecule has 1 aliphatic heterocycles. The predicted octanol–water partition coefficient (Wildman–Crippen LogP) is 1.67. The van der Waals surface area contributed by atoms with E-state index in [0.29, 0.717) is 12.4 Å². The molecular formula is C15H19N3O. The number of pyridine rings is 1. The number of likely N-dealkylation sites (tertiary alicyclic amines) is 1. The predicted molar refractivity (Wildman–Crippen MR) is 75.6 cm³/mol. The highest BCUT2D eigenvalue weighted by Gasteiger charge is 2.24. The van der Waals surface area contributed by atoms with Crippen LogP contribution in [0, 0.1) is 25.2 Å². The van der Waals surface area contributed by atoms with Gasteiger partial charge in [-0.15, -0.1) is 6.42 Å². The van der Waals surface area contributed by atoms with Crippen molar-refractivity contribution in [1.82, 2.24) is 9.88 Å². The van der Waals surface area contributed by atoms with Gasteiger partial charge in [0.05, 0.1) is 6.54 Å². The van der Waals surface area contributed by atoms with Crippen molar-refractivity contribution in [2.24, 2.45) is 5.92 Å². The molecule has 0 spiro atoms. The lowest BCUT2D eigenvalue weighted by atomic mass is 9.96. The molecule has 1 aromatic rings. The minimum atomic E-state index is 0.0652. The van der Waals surface area contributed by atoms with Crippen molar-refractivity contribution in [3.05, 3.63) is 23.9 Å². The summed E-state index contributed by atoms with van der Waals surface area (Å²) in [5, 5.41) is 2.92.